The molecule has 8 nitrogen and oxygen atoms in total. The third-order valence-electron chi connectivity index (χ3n) is 7.17. The summed E-state index contributed by atoms with van der Waals surface area (Å²) in [5, 5.41) is 2.99. The molecule has 1 N–H and O–H groups in total. The molecule has 1 saturated heterocycles. The Hall–Kier alpha value is -3.72. The van der Waals surface area contributed by atoms with Crippen molar-refractivity contribution in [1.82, 2.24) is 20.0 Å². The lowest BCUT2D eigenvalue weighted by Gasteiger charge is -2.37. The minimum atomic E-state index is -0.640. The second-order valence-electron chi connectivity index (χ2n) is 9.78. The molecule has 38 heavy (non-hydrogen) atoms. The van der Waals surface area contributed by atoms with Crippen LogP contribution in [0.4, 0.5) is 9.18 Å². The van der Waals surface area contributed by atoms with Gasteiger partial charge in [-0.05, 0) is 50.5 Å². The Balaban J connectivity index is 1.63. The molecule has 2 aliphatic heterocycles. The second-order valence-corrected chi connectivity index (χ2v) is 9.78. The fraction of sp³-hybridized carbons (Fsp3) is 0.414. The number of carbonyl (C=O) groups is 3. The lowest BCUT2D eigenvalue weighted by molar-refractivity contribution is -0.139. The van der Waals surface area contributed by atoms with Gasteiger partial charge in [-0.25, -0.2) is 14.0 Å². The standard InChI is InChI=1S/C29H35FN4O4/c1-5-38-28(36)25-24(32(4)29(37)31-26(25)22-17-19(2)11-12-20(22)3)18-33-13-8-14-34(16-15-33)27(35)21-9-6-7-10-23(21)30/h6-7,9-12,17,26H,5,8,13-16,18H2,1-4H3,(H,31,37). The molecular formula is C29H35FN4O4. The SMILES string of the molecule is CCOC(=O)C1=C(CN2CCCN(C(=O)c3ccccc3F)CC2)N(C)C(=O)NC1c1cc(C)ccc1C. The molecular weight excluding hydrogens is 487 g/mol. The molecule has 0 radical (unpaired) electrons. The summed E-state index contributed by atoms with van der Waals surface area (Å²) in [6.45, 7) is 8.31. The fourth-order valence-corrected chi connectivity index (χ4v) is 5.05. The van der Waals surface area contributed by atoms with Gasteiger partial charge in [-0.1, -0.05) is 35.9 Å². The monoisotopic (exact) mass is 522 g/mol. The topological polar surface area (TPSA) is 82.2 Å². The number of amides is 3. The maximum absolute atomic E-state index is 14.2. The quantitative estimate of drug-likeness (QED) is 0.584. The Bertz CT molecular complexity index is 1260. The number of nitrogens with one attached hydrogen (secondary N) is 1. The minimum absolute atomic E-state index is 0.0632. The van der Waals surface area contributed by atoms with Gasteiger partial charge in [-0.3, -0.25) is 14.6 Å². The summed E-state index contributed by atoms with van der Waals surface area (Å²) in [4.78, 5) is 44.6. The van der Waals surface area contributed by atoms with Crippen molar-refractivity contribution in [2.45, 2.75) is 33.2 Å². The molecule has 2 aromatic carbocycles. The van der Waals surface area contributed by atoms with Gasteiger partial charge in [0.25, 0.3) is 5.91 Å². The van der Waals surface area contributed by atoms with Crippen LogP contribution >= 0.6 is 0 Å². The van der Waals surface area contributed by atoms with Gasteiger partial charge in [0.1, 0.15) is 5.82 Å². The summed E-state index contributed by atoms with van der Waals surface area (Å²) >= 11 is 0. The normalized spacial score (nSPS) is 18.8. The Labute approximate surface area is 223 Å². The average molecular weight is 523 g/mol. The van der Waals surface area contributed by atoms with Crippen LogP contribution in [0.5, 0.6) is 0 Å². The highest BCUT2D eigenvalue weighted by Gasteiger charge is 2.38. The van der Waals surface area contributed by atoms with E-state index >= 15 is 0 Å². The lowest BCUT2D eigenvalue weighted by atomic mass is 9.90. The van der Waals surface area contributed by atoms with Gasteiger partial charge in [-0.15, -0.1) is 0 Å². The molecule has 1 unspecified atom stereocenters. The largest absolute Gasteiger partial charge is 0.463 e. The van der Waals surface area contributed by atoms with E-state index in [-0.39, 0.29) is 24.1 Å². The predicted molar refractivity (Wildman–Crippen MR) is 142 cm³/mol. The number of rotatable bonds is 6. The Morgan fingerprint density at radius 3 is 2.58 bits per heavy atom. The first-order valence-corrected chi connectivity index (χ1v) is 13.0. The van der Waals surface area contributed by atoms with E-state index in [0.29, 0.717) is 50.4 Å². The van der Waals surface area contributed by atoms with Crippen LogP contribution in [0.3, 0.4) is 0 Å². The summed E-state index contributed by atoms with van der Waals surface area (Å²) in [6.07, 6.45) is 0.679. The van der Waals surface area contributed by atoms with Crippen LogP contribution in [0.1, 0.15) is 46.4 Å². The lowest BCUT2D eigenvalue weighted by Crippen LogP contribution is -2.49. The number of benzene rings is 2. The van der Waals surface area contributed by atoms with E-state index in [1.807, 2.05) is 32.0 Å². The molecule has 2 aliphatic rings. The third kappa shape index (κ3) is 5.72. The van der Waals surface area contributed by atoms with Crippen LogP contribution in [0.25, 0.3) is 0 Å². The van der Waals surface area contributed by atoms with Gasteiger partial charge in [0, 0.05) is 45.5 Å². The van der Waals surface area contributed by atoms with Crippen molar-refractivity contribution < 1.29 is 23.5 Å². The van der Waals surface area contributed by atoms with Crippen molar-refractivity contribution >= 4 is 17.9 Å². The number of nitrogens with zero attached hydrogens (tertiary/aromatic N) is 3. The van der Waals surface area contributed by atoms with Gasteiger partial charge in [0.2, 0.25) is 0 Å². The molecule has 0 bridgehead atoms. The van der Waals surface area contributed by atoms with E-state index in [1.165, 1.54) is 17.0 Å². The van der Waals surface area contributed by atoms with Crippen LogP contribution in [0, 0.1) is 19.7 Å². The summed E-state index contributed by atoms with van der Waals surface area (Å²) in [5.41, 5.74) is 3.88. The summed E-state index contributed by atoms with van der Waals surface area (Å²) in [7, 11) is 1.65. The van der Waals surface area contributed by atoms with Crippen molar-refractivity contribution in [3.63, 3.8) is 0 Å². The Morgan fingerprint density at radius 2 is 1.84 bits per heavy atom. The second kappa shape index (κ2) is 11.8. The van der Waals surface area contributed by atoms with Crippen molar-refractivity contribution in [2.75, 3.05) is 46.4 Å². The molecule has 9 heteroatoms. The Morgan fingerprint density at radius 1 is 1.08 bits per heavy atom. The number of urea groups is 1. The van der Waals surface area contributed by atoms with Crippen molar-refractivity contribution in [3.05, 3.63) is 81.8 Å². The molecule has 3 amide bonds. The number of likely N-dealkylation sites (N-methyl/N-ethyl adjacent to an activating group) is 1. The summed E-state index contributed by atoms with van der Waals surface area (Å²) in [6, 6.07) is 11.0. The van der Waals surface area contributed by atoms with E-state index < -0.39 is 17.8 Å². The number of esters is 1. The summed E-state index contributed by atoms with van der Waals surface area (Å²) in [5.74, 6) is -1.33. The molecule has 0 saturated carbocycles. The molecule has 0 aromatic heterocycles. The fourth-order valence-electron chi connectivity index (χ4n) is 5.05. The molecule has 4 rings (SSSR count). The average Bonchev–Trinajstić information content (AvgIpc) is 3.13. The van der Waals surface area contributed by atoms with Crippen molar-refractivity contribution in [3.8, 4) is 0 Å². The molecule has 0 aliphatic carbocycles. The van der Waals surface area contributed by atoms with E-state index in [4.69, 9.17) is 4.74 Å². The van der Waals surface area contributed by atoms with Gasteiger partial charge in [-0.2, -0.15) is 0 Å². The first-order valence-electron chi connectivity index (χ1n) is 13.0. The first kappa shape index (κ1) is 27.3. The molecule has 2 heterocycles. The number of carbonyl (C=O) groups excluding carboxylic acids is 3. The van der Waals surface area contributed by atoms with E-state index in [0.717, 1.165) is 16.7 Å². The zero-order chi connectivity index (χ0) is 27.4. The number of hydrogen-bond donors (Lipinski definition) is 1. The van der Waals surface area contributed by atoms with Crippen LogP contribution in [-0.4, -0.2) is 79.0 Å². The number of aryl methyl sites for hydroxylation is 2. The maximum atomic E-state index is 14.2. The third-order valence-corrected chi connectivity index (χ3v) is 7.17. The van der Waals surface area contributed by atoms with Crippen molar-refractivity contribution in [2.24, 2.45) is 0 Å². The van der Waals surface area contributed by atoms with E-state index in [2.05, 4.69) is 10.2 Å². The van der Waals surface area contributed by atoms with Gasteiger partial charge in [0.05, 0.1) is 23.8 Å². The van der Waals surface area contributed by atoms with Gasteiger partial charge >= 0.3 is 12.0 Å². The van der Waals surface area contributed by atoms with Crippen LogP contribution in [-0.2, 0) is 9.53 Å². The molecule has 2 aromatic rings. The van der Waals surface area contributed by atoms with Gasteiger partial charge < -0.3 is 15.0 Å². The van der Waals surface area contributed by atoms with Crippen LogP contribution in [0.15, 0.2) is 53.7 Å². The number of halogens is 1. The minimum Gasteiger partial charge on any atom is -0.463 e. The highest BCUT2D eigenvalue weighted by atomic mass is 19.1. The molecule has 202 valence electrons. The highest BCUT2D eigenvalue weighted by Crippen LogP contribution is 2.33. The summed E-state index contributed by atoms with van der Waals surface area (Å²) < 4.78 is 19.7. The Kier molecular flexibility index (Phi) is 8.46. The smallest absolute Gasteiger partial charge is 0.338 e. The molecule has 1 atom stereocenters. The predicted octanol–water partition coefficient (Wildman–Crippen LogP) is 3.80. The molecule has 1 fully saturated rings. The van der Waals surface area contributed by atoms with Crippen LogP contribution < -0.4 is 5.32 Å². The number of hydrogen-bond acceptors (Lipinski definition) is 5. The number of ether oxygens (including phenoxy) is 1. The zero-order valence-electron chi connectivity index (χ0n) is 22.4. The zero-order valence-corrected chi connectivity index (χ0v) is 22.4. The van der Waals surface area contributed by atoms with E-state index in [9.17, 15) is 18.8 Å². The first-order chi connectivity index (χ1) is 18.2. The molecule has 0 spiro atoms. The van der Waals surface area contributed by atoms with Crippen LogP contribution in [0.2, 0.25) is 0 Å². The van der Waals surface area contributed by atoms with Crippen molar-refractivity contribution in [1.29, 1.82) is 0 Å². The highest BCUT2D eigenvalue weighted by molar-refractivity contribution is 5.95. The van der Waals surface area contributed by atoms with E-state index in [1.54, 1.807) is 31.0 Å². The maximum Gasteiger partial charge on any atom is 0.338 e. The van der Waals surface area contributed by atoms with Gasteiger partial charge in [0.15, 0.2) is 0 Å².